The average Bonchev–Trinajstić information content (AvgIpc) is 2.64. The number of nitrogens with zero attached hydrogens (tertiary/aromatic N) is 2. The van der Waals surface area contributed by atoms with Crippen LogP contribution in [0.1, 0.15) is 54.4 Å². The number of hydrogen-bond donors (Lipinski definition) is 1. The molecule has 0 amide bonds. The maximum Gasteiger partial charge on any atom is 0.339 e. The number of aromatic nitrogens is 2. The van der Waals surface area contributed by atoms with Crippen LogP contribution in [0, 0.1) is 13.8 Å². The summed E-state index contributed by atoms with van der Waals surface area (Å²) in [5.41, 5.74) is 1.51. The molecular formula is C14H22N2O4. The Morgan fingerprint density at radius 2 is 1.95 bits per heavy atom. The topological polar surface area (TPSA) is 81.4 Å². The molecule has 0 aliphatic carbocycles. The highest BCUT2D eigenvalue weighted by Crippen LogP contribution is 2.14. The summed E-state index contributed by atoms with van der Waals surface area (Å²) >= 11 is 0. The van der Waals surface area contributed by atoms with E-state index in [1.54, 1.807) is 25.5 Å². The van der Waals surface area contributed by atoms with Gasteiger partial charge in [-0.15, -0.1) is 0 Å². The Morgan fingerprint density at radius 3 is 2.50 bits per heavy atom. The zero-order valence-electron chi connectivity index (χ0n) is 12.3. The fourth-order valence-electron chi connectivity index (χ4n) is 2.16. The van der Waals surface area contributed by atoms with Crippen LogP contribution in [0.5, 0.6) is 0 Å². The standard InChI is InChI=1S/C14H22N2O4/c1-4-20-12(17)8-6-5-7-9-16-11(3)13(14(18)19)10(2)15-16/h4-9H2,1-3H3,(H,18,19). The zero-order valence-corrected chi connectivity index (χ0v) is 12.3. The van der Waals surface area contributed by atoms with E-state index < -0.39 is 5.97 Å². The van der Waals surface area contributed by atoms with Crippen LogP contribution in [-0.2, 0) is 16.1 Å². The van der Waals surface area contributed by atoms with Crippen LogP contribution in [0.25, 0.3) is 0 Å². The van der Waals surface area contributed by atoms with E-state index in [0.29, 0.717) is 31.0 Å². The van der Waals surface area contributed by atoms with E-state index in [0.717, 1.165) is 19.3 Å². The van der Waals surface area contributed by atoms with Crippen LogP contribution >= 0.6 is 0 Å². The van der Waals surface area contributed by atoms with Crippen molar-refractivity contribution >= 4 is 11.9 Å². The highest BCUT2D eigenvalue weighted by atomic mass is 16.5. The van der Waals surface area contributed by atoms with E-state index in [9.17, 15) is 9.59 Å². The van der Waals surface area contributed by atoms with E-state index in [1.165, 1.54) is 0 Å². The summed E-state index contributed by atoms with van der Waals surface area (Å²) in [5.74, 6) is -1.10. The summed E-state index contributed by atoms with van der Waals surface area (Å²) in [4.78, 5) is 22.2. The molecule has 6 nitrogen and oxygen atoms in total. The van der Waals surface area contributed by atoms with Crippen molar-refractivity contribution in [2.75, 3.05) is 6.61 Å². The number of aryl methyl sites for hydroxylation is 2. The average molecular weight is 282 g/mol. The lowest BCUT2D eigenvalue weighted by atomic mass is 10.2. The molecule has 0 aromatic carbocycles. The van der Waals surface area contributed by atoms with Crippen LogP contribution in [0.15, 0.2) is 0 Å². The van der Waals surface area contributed by atoms with Gasteiger partial charge in [0.15, 0.2) is 0 Å². The van der Waals surface area contributed by atoms with Gasteiger partial charge in [-0.3, -0.25) is 9.48 Å². The SMILES string of the molecule is CCOC(=O)CCCCCn1nc(C)c(C(=O)O)c1C. The third-order valence-corrected chi connectivity index (χ3v) is 3.15. The third-order valence-electron chi connectivity index (χ3n) is 3.15. The number of ether oxygens (including phenoxy) is 1. The van der Waals surface area contributed by atoms with Gasteiger partial charge in [0.25, 0.3) is 0 Å². The molecule has 0 unspecified atom stereocenters. The molecule has 1 aromatic rings. The van der Waals surface area contributed by atoms with Gasteiger partial charge in [0.2, 0.25) is 0 Å². The first-order valence-electron chi connectivity index (χ1n) is 6.90. The van der Waals surface area contributed by atoms with Gasteiger partial charge in [0, 0.05) is 13.0 Å². The summed E-state index contributed by atoms with van der Waals surface area (Å²) in [6.07, 6.45) is 2.97. The number of carbonyl (C=O) groups is 2. The molecule has 0 aliphatic heterocycles. The number of carbonyl (C=O) groups excluding carboxylic acids is 1. The molecule has 1 aromatic heterocycles. The Bertz CT molecular complexity index is 480. The molecule has 0 spiro atoms. The second kappa shape index (κ2) is 7.67. The van der Waals surface area contributed by atoms with Crippen LogP contribution < -0.4 is 0 Å². The monoisotopic (exact) mass is 282 g/mol. The summed E-state index contributed by atoms with van der Waals surface area (Å²) < 4.78 is 6.57. The molecule has 1 N–H and O–H groups in total. The van der Waals surface area contributed by atoms with Crippen molar-refractivity contribution in [2.45, 2.75) is 53.0 Å². The molecule has 0 aliphatic rings. The molecule has 20 heavy (non-hydrogen) atoms. The highest BCUT2D eigenvalue weighted by molar-refractivity contribution is 5.90. The molecule has 6 heteroatoms. The van der Waals surface area contributed by atoms with E-state index in [1.807, 2.05) is 0 Å². The van der Waals surface area contributed by atoms with E-state index in [4.69, 9.17) is 9.84 Å². The Balaban J connectivity index is 2.38. The summed E-state index contributed by atoms with van der Waals surface area (Å²) in [6, 6.07) is 0. The quantitative estimate of drug-likeness (QED) is 0.584. The number of rotatable bonds is 8. The Labute approximate surface area is 118 Å². The Kier molecular flexibility index (Phi) is 6.21. The number of hydrogen-bond acceptors (Lipinski definition) is 4. The minimum atomic E-state index is -0.937. The fraction of sp³-hybridized carbons (Fsp3) is 0.643. The largest absolute Gasteiger partial charge is 0.478 e. The van der Waals surface area contributed by atoms with Crippen LogP contribution in [0.3, 0.4) is 0 Å². The van der Waals surface area contributed by atoms with Crippen LogP contribution in [0.4, 0.5) is 0 Å². The van der Waals surface area contributed by atoms with Crippen molar-refractivity contribution < 1.29 is 19.4 Å². The molecule has 0 saturated carbocycles. The first-order chi connectivity index (χ1) is 9.47. The maximum absolute atomic E-state index is 11.1. The predicted molar refractivity (Wildman–Crippen MR) is 73.8 cm³/mol. The van der Waals surface area contributed by atoms with Gasteiger partial charge in [0.1, 0.15) is 5.56 Å². The molecule has 0 radical (unpaired) electrons. The first kappa shape index (κ1) is 16.2. The number of aromatic carboxylic acids is 1. The van der Waals surface area contributed by atoms with Gasteiger partial charge < -0.3 is 9.84 Å². The first-order valence-corrected chi connectivity index (χ1v) is 6.90. The molecule has 0 fully saturated rings. The molecule has 0 atom stereocenters. The molecule has 0 saturated heterocycles. The smallest absolute Gasteiger partial charge is 0.339 e. The molecule has 112 valence electrons. The lowest BCUT2D eigenvalue weighted by Gasteiger charge is -2.05. The predicted octanol–water partition coefficient (Wildman–Crippen LogP) is 2.32. The van der Waals surface area contributed by atoms with Crippen LogP contribution in [0.2, 0.25) is 0 Å². The zero-order chi connectivity index (χ0) is 15.1. The van der Waals surface area contributed by atoms with Crippen molar-refractivity contribution in [1.82, 2.24) is 9.78 Å². The Hall–Kier alpha value is -1.85. The summed E-state index contributed by atoms with van der Waals surface area (Å²) in [7, 11) is 0. The van der Waals surface area contributed by atoms with Gasteiger partial charge >= 0.3 is 11.9 Å². The van der Waals surface area contributed by atoms with Crippen molar-refractivity contribution in [3.8, 4) is 0 Å². The van der Waals surface area contributed by atoms with E-state index >= 15 is 0 Å². The minimum Gasteiger partial charge on any atom is -0.478 e. The van der Waals surface area contributed by atoms with Crippen molar-refractivity contribution in [3.63, 3.8) is 0 Å². The lowest BCUT2D eigenvalue weighted by molar-refractivity contribution is -0.143. The molecular weight excluding hydrogens is 260 g/mol. The van der Waals surface area contributed by atoms with Crippen molar-refractivity contribution in [1.29, 1.82) is 0 Å². The van der Waals surface area contributed by atoms with Gasteiger partial charge in [-0.1, -0.05) is 6.42 Å². The summed E-state index contributed by atoms with van der Waals surface area (Å²) in [6.45, 7) is 6.35. The summed E-state index contributed by atoms with van der Waals surface area (Å²) in [5, 5.41) is 13.3. The number of esters is 1. The minimum absolute atomic E-state index is 0.160. The van der Waals surface area contributed by atoms with Crippen molar-refractivity contribution in [2.24, 2.45) is 0 Å². The van der Waals surface area contributed by atoms with E-state index in [2.05, 4.69) is 5.10 Å². The highest BCUT2D eigenvalue weighted by Gasteiger charge is 2.17. The van der Waals surface area contributed by atoms with Gasteiger partial charge in [0.05, 0.1) is 18.0 Å². The number of carboxylic acid groups (broad SMARTS) is 1. The van der Waals surface area contributed by atoms with Crippen LogP contribution in [-0.4, -0.2) is 33.4 Å². The normalized spacial score (nSPS) is 10.6. The molecule has 0 bridgehead atoms. The maximum atomic E-state index is 11.1. The third kappa shape index (κ3) is 4.36. The fourth-order valence-corrected chi connectivity index (χ4v) is 2.16. The van der Waals surface area contributed by atoms with Gasteiger partial charge in [-0.25, -0.2) is 4.79 Å². The Morgan fingerprint density at radius 1 is 1.25 bits per heavy atom. The second-order valence-electron chi connectivity index (χ2n) is 4.69. The lowest BCUT2D eigenvalue weighted by Crippen LogP contribution is -2.06. The van der Waals surface area contributed by atoms with E-state index in [-0.39, 0.29) is 11.5 Å². The van der Waals surface area contributed by atoms with Crippen molar-refractivity contribution in [3.05, 3.63) is 17.0 Å². The second-order valence-corrected chi connectivity index (χ2v) is 4.69. The molecule has 1 rings (SSSR count). The van der Waals surface area contributed by atoms with Gasteiger partial charge in [-0.05, 0) is 33.6 Å². The number of carboxylic acids is 1. The van der Waals surface area contributed by atoms with Gasteiger partial charge in [-0.2, -0.15) is 5.10 Å². The number of unbranched alkanes of at least 4 members (excludes halogenated alkanes) is 2. The molecule has 1 heterocycles.